The van der Waals surface area contributed by atoms with Crippen molar-refractivity contribution in [3.63, 3.8) is 0 Å². The zero-order chi connectivity index (χ0) is 11.8. The second kappa shape index (κ2) is 4.13. The van der Waals surface area contributed by atoms with Gasteiger partial charge in [-0.15, -0.1) is 0 Å². The molecule has 0 aromatic heterocycles. The van der Waals surface area contributed by atoms with E-state index < -0.39 is 11.6 Å². The normalized spacial score (nSPS) is 19.0. The molecule has 1 nitrogen and oxygen atoms in total. The van der Waals surface area contributed by atoms with Gasteiger partial charge in [-0.05, 0) is 37.5 Å². The van der Waals surface area contributed by atoms with Crippen molar-refractivity contribution in [2.45, 2.75) is 38.0 Å². The zero-order valence-electron chi connectivity index (χ0n) is 9.52. The van der Waals surface area contributed by atoms with Crippen LogP contribution in [0.25, 0.3) is 0 Å². The summed E-state index contributed by atoms with van der Waals surface area (Å²) in [4.78, 5) is 0. The molecule has 0 spiro atoms. The van der Waals surface area contributed by atoms with Crippen molar-refractivity contribution in [3.8, 4) is 0 Å². The first-order valence-electron chi connectivity index (χ1n) is 5.75. The number of benzene rings is 1. The fourth-order valence-electron chi connectivity index (χ4n) is 2.61. The van der Waals surface area contributed by atoms with E-state index in [4.69, 9.17) is 5.73 Å². The van der Waals surface area contributed by atoms with Gasteiger partial charge in [0.1, 0.15) is 11.6 Å². The summed E-state index contributed by atoms with van der Waals surface area (Å²) in [6, 6.07) is 2.91. The fraction of sp³-hybridized carbons (Fsp3) is 0.538. The fourth-order valence-corrected chi connectivity index (χ4v) is 2.61. The smallest absolute Gasteiger partial charge is 0.129 e. The summed E-state index contributed by atoms with van der Waals surface area (Å²) in [5, 5.41) is 0. The molecule has 1 aromatic carbocycles. The van der Waals surface area contributed by atoms with Crippen LogP contribution in [-0.4, -0.2) is 6.54 Å². The molecular formula is C13H17F2N. The summed E-state index contributed by atoms with van der Waals surface area (Å²) in [6.07, 6.45) is 4.06. The van der Waals surface area contributed by atoms with Crippen LogP contribution in [0.4, 0.5) is 8.78 Å². The molecule has 3 heteroatoms. The van der Waals surface area contributed by atoms with E-state index in [2.05, 4.69) is 0 Å². The molecule has 1 aliphatic carbocycles. The zero-order valence-corrected chi connectivity index (χ0v) is 9.52. The number of hydrogen-bond acceptors (Lipinski definition) is 1. The van der Waals surface area contributed by atoms with Crippen molar-refractivity contribution in [3.05, 3.63) is 34.9 Å². The molecule has 0 bridgehead atoms. The van der Waals surface area contributed by atoms with Crippen molar-refractivity contribution in [1.29, 1.82) is 0 Å². The molecule has 2 rings (SSSR count). The minimum atomic E-state index is -0.463. The van der Waals surface area contributed by atoms with Crippen molar-refractivity contribution in [2.75, 3.05) is 6.54 Å². The molecule has 0 unspecified atom stereocenters. The molecule has 0 radical (unpaired) electrons. The maximum Gasteiger partial charge on any atom is 0.129 e. The molecular weight excluding hydrogens is 208 g/mol. The molecule has 1 fully saturated rings. The number of nitrogens with two attached hydrogens (primary N) is 1. The van der Waals surface area contributed by atoms with Gasteiger partial charge in [-0.3, -0.25) is 0 Å². The predicted molar refractivity (Wildman–Crippen MR) is 60.3 cm³/mol. The third-order valence-corrected chi connectivity index (χ3v) is 3.84. The third-order valence-electron chi connectivity index (χ3n) is 3.84. The van der Waals surface area contributed by atoms with E-state index in [1.807, 2.05) is 0 Å². The van der Waals surface area contributed by atoms with Crippen molar-refractivity contribution in [2.24, 2.45) is 5.73 Å². The van der Waals surface area contributed by atoms with Crippen LogP contribution >= 0.6 is 0 Å². The average molecular weight is 225 g/mol. The maximum atomic E-state index is 13.5. The maximum absolute atomic E-state index is 13.5. The Kier molecular flexibility index (Phi) is 2.98. The molecule has 16 heavy (non-hydrogen) atoms. The van der Waals surface area contributed by atoms with E-state index in [-0.39, 0.29) is 11.0 Å². The monoisotopic (exact) mass is 225 g/mol. The van der Waals surface area contributed by atoms with Gasteiger partial charge >= 0.3 is 0 Å². The summed E-state index contributed by atoms with van der Waals surface area (Å²) in [6.45, 7) is 1.92. The van der Waals surface area contributed by atoms with E-state index in [9.17, 15) is 8.78 Å². The number of halogens is 2. The Morgan fingerprint density at radius 3 is 2.12 bits per heavy atom. The molecule has 0 heterocycles. The Bertz CT molecular complexity index is 372. The van der Waals surface area contributed by atoms with Gasteiger partial charge in [0, 0.05) is 17.5 Å². The van der Waals surface area contributed by atoms with Gasteiger partial charge in [0.2, 0.25) is 0 Å². The van der Waals surface area contributed by atoms with Crippen LogP contribution in [0.5, 0.6) is 0 Å². The highest BCUT2D eigenvalue weighted by Crippen LogP contribution is 2.40. The minimum absolute atomic E-state index is 0.0916. The van der Waals surface area contributed by atoms with E-state index in [0.29, 0.717) is 6.54 Å². The second-order valence-electron chi connectivity index (χ2n) is 4.76. The molecule has 1 saturated carbocycles. The van der Waals surface area contributed by atoms with Crippen molar-refractivity contribution < 1.29 is 8.78 Å². The minimum Gasteiger partial charge on any atom is -0.330 e. The molecule has 1 aromatic rings. The van der Waals surface area contributed by atoms with Crippen molar-refractivity contribution in [1.82, 2.24) is 0 Å². The summed E-state index contributed by atoms with van der Waals surface area (Å²) in [7, 11) is 0. The highest BCUT2D eigenvalue weighted by Gasteiger charge is 2.35. The Morgan fingerprint density at radius 2 is 1.69 bits per heavy atom. The predicted octanol–water partition coefficient (Wildman–Crippen LogP) is 3.04. The van der Waals surface area contributed by atoms with E-state index in [1.165, 1.54) is 19.1 Å². The van der Waals surface area contributed by atoms with Crippen LogP contribution in [0, 0.1) is 18.6 Å². The van der Waals surface area contributed by atoms with Gasteiger partial charge in [-0.2, -0.15) is 0 Å². The SMILES string of the molecule is Cc1c(F)cc(C2(CN)CCCC2)cc1F. The van der Waals surface area contributed by atoms with Crippen molar-refractivity contribution >= 4 is 0 Å². The number of hydrogen-bond donors (Lipinski definition) is 1. The first-order chi connectivity index (χ1) is 7.59. The lowest BCUT2D eigenvalue weighted by molar-refractivity contribution is 0.443. The molecule has 2 N–H and O–H groups in total. The van der Waals surface area contributed by atoms with E-state index in [1.54, 1.807) is 0 Å². The highest BCUT2D eigenvalue weighted by molar-refractivity contribution is 5.32. The van der Waals surface area contributed by atoms with Gasteiger partial charge in [0.05, 0.1) is 0 Å². The standard InChI is InChI=1S/C13H17F2N/c1-9-11(14)6-10(7-12(9)15)13(8-16)4-2-3-5-13/h6-7H,2-5,8,16H2,1H3. The largest absolute Gasteiger partial charge is 0.330 e. The first-order valence-corrected chi connectivity index (χ1v) is 5.75. The molecule has 0 atom stereocenters. The Balaban J connectivity index is 2.47. The molecule has 1 aliphatic rings. The first kappa shape index (κ1) is 11.5. The summed E-state index contributed by atoms with van der Waals surface area (Å²) in [5.74, 6) is -0.926. The third kappa shape index (κ3) is 1.73. The Labute approximate surface area is 94.7 Å². The Hall–Kier alpha value is -0.960. The second-order valence-corrected chi connectivity index (χ2v) is 4.76. The average Bonchev–Trinajstić information content (AvgIpc) is 2.75. The van der Waals surface area contributed by atoms with Gasteiger partial charge in [0.15, 0.2) is 0 Å². The molecule has 0 amide bonds. The summed E-state index contributed by atoms with van der Waals surface area (Å²) < 4.78 is 27.0. The van der Waals surface area contributed by atoms with Gasteiger partial charge in [0.25, 0.3) is 0 Å². The topological polar surface area (TPSA) is 26.0 Å². The van der Waals surface area contributed by atoms with E-state index >= 15 is 0 Å². The van der Waals surface area contributed by atoms with Crippen LogP contribution < -0.4 is 5.73 Å². The van der Waals surface area contributed by atoms with E-state index in [0.717, 1.165) is 31.2 Å². The lowest BCUT2D eigenvalue weighted by Gasteiger charge is -2.28. The van der Waals surface area contributed by atoms with Crippen LogP contribution in [0.2, 0.25) is 0 Å². The Morgan fingerprint density at radius 1 is 1.19 bits per heavy atom. The van der Waals surface area contributed by atoms with Crippen LogP contribution in [-0.2, 0) is 5.41 Å². The molecule has 88 valence electrons. The van der Waals surface area contributed by atoms with Gasteiger partial charge in [-0.1, -0.05) is 12.8 Å². The summed E-state index contributed by atoms with van der Waals surface area (Å²) in [5.41, 5.74) is 6.42. The highest BCUT2D eigenvalue weighted by atomic mass is 19.1. The lowest BCUT2D eigenvalue weighted by atomic mass is 9.78. The van der Waals surface area contributed by atoms with Gasteiger partial charge in [-0.25, -0.2) is 8.78 Å². The van der Waals surface area contributed by atoms with Crippen LogP contribution in [0.3, 0.4) is 0 Å². The molecule has 0 aliphatic heterocycles. The van der Waals surface area contributed by atoms with Crippen LogP contribution in [0.1, 0.15) is 36.8 Å². The molecule has 0 saturated heterocycles. The lowest BCUT2D eigenvalue weighted by Crippen LogP contribution is -2.32. The summed E-state index contributed by atoms with van der Waals surface area (Å²) >= 11 is 0. The quantitative estimate of drug-likeness (QED) is 0.822. The van der Waals surface area contributed by atoms with Crippen LogP contribution in [0.15, 0.2) is 12.1 Å². The van der Waals surface area contributed by atoms with Gasteiger partial charge < -0.3 is 5.73 Å². The number of rotatable bonds is 2.